The Hall–Kier alpha value is -1.16. The van der Waals surface area contributed by atoms with E-state index in [1.807, 2.05) is 36.6 Å². The van der Waals surface area contributed by atoms with Crippen LogP contribution in [-0.2, 0) is 0 Å². The molecule has 3 N–H and O–H groups in total. The third kappa shape index (κ3) is 2.64. The van der Waals surface area contributed by atoms with Crippen LogP contribution in [0.2, 0.25) is 0 Å². The van der Waals surface area contributed by atoms with Crippen LogP contribution in [0.25, 0.3) is 0 Å². The zero-order chi connectivity index (χ0) is 13.1. The van der Waals surface area contributed by atoms with Crippen LogP contribution in [0.5, 0.6) is 0 Å². The fraction of sp³-hybridized carbons (Fsp3) is 0.333. The number of rotatable bonds is 4. The van der Waals surface area contributed by atoms with Gasteiger partial charge < -0.3 is 10.8 Å². The summed E-state index contributed by atoms with van der Waals surface area (Å²) in [5.41, 5.74) is 9.14. The van der Waals surface area contributed by atoms with Gasteiger partial charge in [-0.2, -0.15) is 0 Å². The van der Waals surface area contributed by atoms with Crippen molar-refractivity contribution >= 4 is 11.3 Å². The first kappa shape index (κ1) is 13.3. The van der Waals surface area contributed by atoms with Crippen molar-refractivity contribution in [1.29, 1.82) is 0 Å². The van der Waals surface area contributed by atoms with Crippen LogP contribution in [0, 0.1) is 13.8 Å². The second-order valence-electron chi connectivity index (χ2n) is 4.66. The molecule has 0 aliphatic carbocycles. The minimum Gasteiger partial charge on any atom is -0.388 e. The molecule has 2 aromatic rings. The van der Waals surface area contributed by atoms with E-state index in [9.17, 15) is 5.11 Å². The number of thiophene rings is 1. The number of hydrogen-bond donors (Lipinski definition) is 2. The molecule has 2 nitrogen and oxygen atoms in total. The number of aryl methyl sites for hydroxylation is 2. The van der Waals surface area contributed by atoms with E-state index in [4.69, 9.17) is 5.73 Å². The van der Waals surface area contributed by atoms with Crippen LogP contribution < -0.4 is 5.73 Å². The number of aliphatic hydroxyl groups is 1. The van der Waals surface area contributed by atoms with Crippen molar-refractivity contribution in [2.45, 2.75) is 25.9 Å². The summed E-state index contributed by atoms with van der Waals surface area (Å²) in [6, 6.07) is 10.2. The van der Waals surface area contributed by atoms with Gasteiger partial charge in [-0.15, -0.1) is 11.3 Å². The molecule has 96 valence electrons. The molecule has 0 spiro atoms. The molecule has 1 heterocycles. The van der Waals surface area contributed by atoms with Crippen LogP contribution in [0.3, 0.4) is 0 Å². The highest BCUT2D eigenvalue weighted by Gasteiger charge is 2.23. The van der Waals surface area contributed by atoms with Gasteiger partial charge >= 0.3 is 0 Å². The second kappa shape index (κ2) is 5.65. The SMILES string of the molecule is Cc1ccc(C(O)C(CN)c2cccs2)c(C)c1. The van der Waals surface area contributed by atoms with Crippen molar-refractivity contribution in [3.63, 3.8) is 0 Å². The van der Waals surface area contributed by atoms with Crippen molar-refractivity contribution in [3.8, 4) is 0 Å². The molecule has 0 aliphatic heterocycles. The van der Waals surface area contributed by atoms with Gasteiger partial charge in [0.1, 0.15) is 0 Å². The summed E-state index contributed by atoms with van der Waals surface area (Å²) in [7, 11) is 0. The van der Waals surface area contributed by atoms with Crippen LogP contribution in [-0.4, -0.2) is 11.7 Å². The van der Waals surface area contributed by atoms with Gasteiger partial charge in [0.15, 0.2) is 0 Å². The summed E-state index contributed by atoms with van der Waals surface area (Å²) in [6.45, 7) is 4.55. The quantitative estimate of drug-likeness (QED) is 0.888. The molecule has 0 fully saturated rings. The summed E-state index contributed by atoms with van der Waals surface area (Å²) in [5.74, 6) is -0.0218. The van der Waals surface area contributed by atoms with Crippen molar-refractivity contribution in [1.82, 2.24) is 0 Å². The van der Waals surface area contributed by atoms with E-state index < -0.39 is 6.10 Å². The van der Waals surface area contributed by atoms with Gasteiger partial charge in [0, 0.05) is 17.3 Å². The molecule has 1 aromatic carbocycles. The molecule has 0 bridgehead atoms. The molecule has 0 saturated carbocycles. The molecule has 2 unspecified atom stereocenters. The molecule has 2 rings (SSSR count). The highest BCUT2D eigenvalue weighted by Crippen LogP contribution is 2.34. The highest BCUT2D eigenvalue weighted by molar-refractivity contribution is 7.10. The zero-order valence-corrected chi connectivity index (χ0v) is 11.6. The summed E-state index contributed by atoms with van der Waals surface area (Å²) in [5, 5.41) is 12.6. The molecular formula is C15H19NOS. The Labute approximate surface area is 112 Å². The first-order valence-electron chi connectivity index (χ1n) is 6.12. The van der Waals surface area contributed by atoms with Crippen LogP contribution in [0.4, 0.5) is 0 Å². The Balaban J connectivity index is 2.31. The lowest BCUT2D eigenvalue weighted by Crippen LogP contribution is -2.20. The largest absolute Gasteiger partial charge is 0.388 e. The first-order valence-corrected chi connectivity index (χ1v) is 7.00. The van der Waals surface area contributed by atoms with Gasteiger partial charge in [-0.05, 0) is 36.4 Å². The topological polar surface area (TPSA) is 46.2 Å². The highest BCUT2D eigenvalue weighted by atomic mass is 32.1. The Kier molecular flexibility index (Phi) is 4.17. The van der Waals surface area contributed by atoms with Gasteiger partial charge in [-0.25, -0.2) is 0 Å². The molecule has 0 radical (unpaired) electrons. The average molecular weight is 261 g/mol. The standard InChI is InChI=1S/C15H19NOS/c1-10-5-6-12(11(2)8-10)15(17)13(9-16)14-4-3-7-18-14/h3-8,13,15,17H,9,16H2,1-2H3. The Bertz CT molecular complexity index is 507. The molecule has 0 amide bonds. The lowest BCUT2D eigenvalue weighted by atomic mass is 9.91. The Morgan fingerprint density at radius 2 is 2.06 bits per heavy atom. The summed E-state index contributed by atoms with van der Waals surface area (Å²) in [6.07, 6.45) is -0.533. The zero-order valence-electron chi connectivity index (χ0n) is 10.8. The number of nitrogens with two attached hydrogens (primary N) is 1. The predicted molar refractivity (Wildman–Crippen MR) is 77.0 cm³/mol. The summed E-state index contributed by atoms with van der Waals surface area (Å²) >= 11 is 1.65. The lowest BCUT2D eigenvalue weighted by Gasteiger charge is -2.22. The van der Waals surface area contributed by atoms with E-state index in [2.05, 4.69) is 13.0 Å². The maximum Gasteiger partial charge on any atom is 0.0881 e. The third-order valence-corrected chi connectivity index (χ3v) is 4.29. The number of benzene rings is 1. The van der Waals surface area contributed by atoms with Crippen molar-refractivity contribution in [2.24, 2.45) is 5.73 Å². The van der Waals surface area contributed by atoms with Gasteiger partial charge in [-0.3, -0.25) is 0 Å². The fourth-order valence-electron chi connectivity index (χ4n) is 2.28. The second-order valence-corrected chi connectivity index (χ2v) is 5.64. The van der Waals surface area contributed by atoms with Crippen molar-refractivity contribution < 1.29 is 5.11 Å². The molecule has 0 saturated heterocycles. The normalized spacial score (nSPS) is 14.4. The lowest BCUT2D eigenvalue weighted by molar-refractivity contribution is 0.148. The maximum absolute atomic E-state index is 10.6. The van der Waals surface area contributed by atoms with E-state index in [0.29, 0.717) is 6.54 Å². The van der Waals surface area contributed by atoms with E-state index in [1.54, 1.807) is 11.3 Å². The van der Waals surface area contributed by atoms with E-state index in [-0.39, 0.29) is 5.92 Å². The van der Waals surface area contributed by atoms with E-state index in [1.165, 1.54) is 5.56 Å². The number of aliphatic hydroxyl groups excluding tert-OH is 1. The summed E-state index contributed by atoms with van der Waals surface area (Å²) < 4.78 is 0. The monoisotopic (exact) mass is 261 g/mol. The van der Waals surface area contributed by atoms with Gasteiger partial charge in [0.05, 0.1) is 6.10 Å². The Morgan fingerprint density at radius 3 is 2.61 bits per heavy atom. The molecular weight excluding hydrogens is 242 g/mol. The third-order valence-electron chi connectivity index (χ3n) is 3.29. The minimum atomic E-state index is -0.533. The van der Waals surface area contributed by atoms with E-state index >= 15 is 0 Å². The average Bonchev–Trinajstić information content (AvgIpc) is 2.83. The van der Waals surface area contributed by atoms with Crippen molar-refractivity contribution in [2.75, 3.05) is 6.54 Å². The molecule has 1 aromatic heterocycles. The minimum absolute atomic E-state index is 0.0218. The molecule has 18 heavy (non-hydrogen) atoms. The molecule has 3 heteroatoms. The van der Waals surface area contributed by atoms with Crippen LogP contribution >= 0.6 is 11.3 Å². The number of hydrogen-bond acceptors (Lipinski definition) is 3. The molecule has 2 atom stereocenters. The van der Waals surface area contributed by atoms with Gasteiger partial charge in [0.2, 0.25) is 0 Å². The maximum atomic E-state index is 10.6. The van der Waals surface area contributed by atoms with Crippen LogP contribution in [0.1, 0.15) is 33.6 Å². The fourth-order valence-corrected chi connectivity index (χ4v) is 3.15. The summed E-state index contributed by atoms with van der Waals surface area (Å²) in [4.78, 5) is 1.14. The predicted octanol–water partition coefficient (Wildman–Crippen LogP) is 3.14. The molecule has 0 aliphatic rings. The van der Waals surface area contributed by atoms with Crippen molar-refractivity contribution in [3.05, 3.63) is 57.3 Å². The van der Waals surface area contributed by atoms with Gasteiger partial charge in [-0.1, -0.05) is 29.8 Å². The van der Waals surface area contributed by atoms with Gasteiger partial charge in [0.25, 0.3) is 0 Å². The smallest absolute Gasteiger partial charge is 0.0881 e. The Morgan fingerprint density at radius 1 is 1.28 bits per heavy atom. The van der Waals surface area contributed by atoms with Crippen LogP contribution in [0.15, 0.2) is 35.7 Å². The van der Waals surface area contributed by atoms with E-state index in [0.717, 1.165) is 16.0 Å². The first-order chi connectivity index (χ1) is 8.63.